The predicted molar refractivity (Wildman–Crippen MR) is 72.5 cm³/mol. The highest BCUT2D eigenvalue weighted by atomic mass is 32.2. The van der Waals surface area contributed by atoms with Crippen LogP contribution in [0.15, 0.2) is 6.07 Å². The zero-order chi connectivity index (χ0) is 13.3. The lowest BCUT2D eigenvalue weighted by Crippen LogP contribution is -2.45. The molecule has 2 heterocycles. The number of anilines is 1. The van der Waals surface area contributed by atoms with Gasteiger partial charge >= 0.3 is 5.97 Å². The maximum Gasteiger partial charge on any atom is 0.354 e. The maximum absolute atomic E-state index is 11.0. The minimum absolute atomic E-state index is 0.0654. The standard InChI is InChI=1S/C12H17N3O2S/c1-7-6-10(11(16)17)14-12(13-7)15-4-5-18-9(3)8(15)2/h6,8-9H,4-5H2,1-3H3,(H,16,17). The summed E-state index contributed by atoms with van der Waals surface area (Å²) >= 11 is 1.93. The number of aromatic carboxylic acids is 1. The number of hydrogen-bond donors (Lipinski definition) is 1. The van der Waals surface area contributed by atoms with E-state index in [1.54, 1.807) is 6.92 Å². The van der Waals surface area contributed by atoms with Gasteiger partial charge in [0.15, 0.2) is 5.69 Å². The van der Waals surface area contributed by atoms with E-state index in [9.17, 15) is 4.79 Å². The number of carboxylic acids is 1. The van der Waals surface area contributed by atoms with E-state index in [1.807, 2.05) is 11.8 Å². The fraction of sp³-hybridized carbons (Fsp3) is 0.583. The molecule has 1 aliphatic heterocycles. The molecule has 6 heteroatoms. The van der Waals surface area contributed by atoms with Gasteiger partial charge in [0, 0.05) is 29.3 Å². The van der Waals surface area contributed by atoms with E-state index in [0.717, 1.165) is 12.3 Å². The molecule has 1 saturated heterocycles. The average Bonchev–Trinajstić information content (AvgIpc) is 2.31. The van der Waals surface area contributed by atoms with E-state index < -0.39 is 5.97 Å². The third-order valence-corrected chi connectivity index (χ3v) is 4.54. The van der Waals surface area contributed by atoms with Gasteiger partial charge in [-0.15, -0.1) is 0 Å². The summed E-state index contributed by atoms with van der Waals surface area (Å²) < 4.78 is 0. The fourth-order valence-electron chi connectivity index (χ4n) is 2.01. The van der Waals surface area contributed by atoms with Crippen molar-refractivity contribution in [2.75, 3.05) is 17.2 Å². The molecule has 0 spiro atoms. The summed E-state index contributed by atoms with van der Waals surface area (Å²) in [5.41, 5.74) is 0.756. The zero-order valence-corrected chi connectivity index (χ0v) is 11.6. The molecule has 18 heavy (non-hydrogen) atoms. The molecule has 1 N–H and O–H groups in total. The minimum atomic E-state index is -1.01. The monoisotopic (exact) mass is 267 g/mol. The molecule has 1 fully saturated rings. The van der Waals surface area contributed by atoms with Crippen molar-refractivity contribution in [1.82, 2.24) is 9.97 Å². The van der Waals surface area contributed by atoms with Crippen LogP contribution in [0.25, 0.3) is 0 Å². The lowest BCUT2D eigenvalue weighted by molar-refractivity contribution is 0.0690. The quantitative estimate of drug-likeness (QED) is 0.881. The number of aryl methyl sites for hydroxylation is 1. The van der Waals surface area contributed by atoms with Crippen molar-refractivity contribution < 1.29 is 9.90 Å². The van der Waals surface area contributed by atoms with Crippen LogP contribution in [-0.2, 0) is 0 Å². The molecule has 1 aromatic heterocycles. The summed E-state index contributed by atoms with van der Waals surface area (Å²) in [5.74, 6) is 0.548. The van der Waals surface area contributed by atoms with Crippen molar-refractivity contribution in [3.05, 3.63) is 17.5 Å². The highest BCUT2D eigenvalue weighted by molar-refractivity contribution is 8.00. The SMILES string of the molecule is Cc1cc(C(=O)O)nc(N2CCSC(C)C2C)n1. The molecule has 0 aliphatic carbocycles. The Kier molecular flexibility index (Phi) is 3.75. The summed E-state index contributed by atoms with van der Waals surface area (Å²) in [6, 6.07) is 1.81. The van der Waals surface area contributed by atoms with Gasteiger partial charge in [0.2, 0.25) is 5.95 Å². The van der Waals surface area contributed by atoms with Crippen LogP contribution in [-0.4, -0.2) is 44.6 Å². The van der Waals surface area contributed by atoms with Gasteiger partial charge in [0.1, 0.15) is 0 Å². The Morgan fingerprint density at radius 1 is 1.50 bits per heavy atom. The zero-order valence-electron chi connectivity index (χ0n) is 10.8. The van der Waals surface area contributed by atoms with Gasteiger partial charge in [-0.2, -0.15) is 11.8 Å². The fourth-order valence-corrected chi connectivity index (χ4v) is 3.11. The van der Waals surface area contributed by atoms with Gasteiger partial charge in [0.25, 0.3) is 0 Å². The van der Waals surface area contributed by atoms with E-state index in [4.69, 9.17) is 5.11 Å². The van der Waals surface area contributed by atoms with Gasteiger partial charge < -0.3 is 10.0 Å². The van der Waals surface area contributed by atoms with Gasteiger partial charge in [-0.3, -0.25) is 0 Å². The second kappa shape index (κ2) is 5.14. The summed E-state index contributed by atoms with van der Waals surface area (Å²) in [6.45, 7) is 6.96. The third kappa shape index (κ3) is 2.58. The average molecular weight is 267 g/mol. The molecule has 1 aliphatic rings. The van der Waals surface area contributed by atoms with Crippen LogP contribution in [0, 0.1) is 6.92 Å². The highest BCUT2D eigenvalue weighted by Crippen LogP contribution is 2.27. The van der Waals surface area contributed by atoms with Crippen molar-refractivity contribution in [1.29, 1.82) is 0 Å². The number of carboxylic acid groups (broad SMARTS) is 1. The molecule has 0 radical (unpaired) electrons. The highest BCUT2D eigenvalue weighted by Gasteiger charge is 2.27. The molecule has 0 bridgehead atoms. The first-order valence-electron chi connectivity index (χ1n) is 5.96. The number of carbonyl (C=O) groups is 1. The smallest absolute Gasteiger partial charge is 0.354 e. The maximum atomic E-state index is 11.0. The Hall–Kier alpha value is -1.30. The third-order valence-electron chi connectivity index (χ3n) is 3.20. The van der Waals surface area contributed by atoms with Gasteiger partial charge in [-0.25, -0.2) is 14.8 Å². The van der Waals surface area contributed by atoms with E-state index in [-0.39, 0.29) is 5.69 Å². The van der Waals surface area contributed by atoms with E-state index in [2.05, 4.69) is 28.7 Å². The van der Waals surface area contributed by atoms with Crippen molar-refractivity contribution in [2.45, 2.75) is 32.1 Å². The normalized spacial score (nSPS) is 24.1. The van der Waals surface area contributed by atoms with Crippen molar-refractivity contribution in [3.8, 4) is 0 Å². The number of thioether (sulfide) groups is 1. The van der Waals surface area contributed by atoms with Gasteiger partial charge in [0.05, 0.1) is 0 Å². The molecular weight excluding hydrogens is 250 g/mol. The Morgan fingerprint density at radius 2 is 2.22 bits per heavy atom. The first-order chi connectivity index (χ1) is 8.49. The Morgan fingerprint density at radius 3 is 2.89 bits per heavy atom. The second-order valence-electron chi connectivity index (χ2n) is 4.51. The van der Waals surface area contributed by atoms with Crippen LogP contribution in [0.1, 0.15) is 30.0 Å². The Bertz CT molecular complexity index is 467. The number of aromatic nitrogens is 2. The predicted octanol–water partition coefficient (Wildman–Crippen LogP) is 1.81. The summed E-state index contributed by atoms with van der Waals surface area (Å²) in [7, 11) is 0. The van der Waals surface area contributed by atoms with Gasteiger partial charge in [-0.1, -0.05) is 6.92 Å². The van der Waals surface area contributed by atoms with Crippen LogP contribution in [0.4, 0.5) is 5.95 Å². The lowest BCUT2D eigenvalue weighted by Gasteiger charge is -2.37. The molecule has 2 rings (SSSR count). The summed E-state index contributed by atoms with van der Waals surface area (Å²) in [5, 5.41) is 9.53. The Balaban J connectivity index is 2.35. The molecule has 0 aromatic carbocycles. The van der Waals surface area contributed by atoms with Crippen molar-refractivity contribution in [3.63, 3.8) is 0 Å². The second-order valence-corrected chi connectivity index (χ2v) is 5.99. The minimum Gasteiger partial charge on any atom is -0.477 e. The number of hydrogen-bond acceptors (Lipinski definition) is 5. The molecule has 1 aromatic rings. The van der Waals surface area contributed by atoms with Crippen LogP contribution in [0.3, 0.4) is 0 Å². The van der Waals surface area contributed by atoms with Crippen LogP contribution in [0.2, 0.25) is 0 Å². The van der Waals surface area contributed by atoms with Crippen LogP contribution in [0.5, 0.6) is 0 Å². The summed E-state index contributed by atoms with van der Waals surface area (Å²) in [4.78, 5) is 21.6. The summed E-state index contributed by atoms with van der Waals surface area (Å²) in [6.07, 6.45) is 0. The molecule has 2 atom stereocenters. The largest absolute Gasteiger partial charge is 0.477 e. The van der Waals surface area contributed by atoms with Crippen molar-refractivity contribution >= 4 is 23.7 Å². The molecule has 0 saturated carbocycles. The molecule has 98 valence electrons. The first kappa shape index (κ1) is 13.1. The molecule has 2 unspecified atom stereocenters. The molecule has 0 amide bonds. The first-order valence-corrected chi connectivity index (χ1v) is 7.01. The van der Waals surface area contributed by atoms with E-state index >= 15 is 0 Å². The number of rotatable bonds is 2. The molecular formula is C12H17N3O2S. The number of nitrogens with zero attached hydrogens (tertiary/aromatic N) is 3. The Labute approximate surface area is 111 Å². The van der Waals surface area contributed by atoms with Crippen LogP contribution >= 0.6 is 11.8 Å². The van der Waals surface area contributed by atoms with Crippen molar-refractivity contribution in [2.24, 2.45) is 0 Å². The lowest BCUT2D eigenvalue weighted by atomic mass is 10.2. The molecule has 5 nitrogen and oxygen atoms in total. The van der Waals surface area contributed by atoms with Gasteiger partial charge in [-0.05, 0) is 19.9 Å². The van der Waals surface area contributed by atoms with E-state index in [0.29, 0.717) is 22.9 Å². The van der Waals surface area contributed by atoms with E-state index in [1.165, 1.54) is 6.07 Å². The topological polar surface area (TPSA) is 66.3 Å². The van der Waals surface area contributed by atoms with Crippen LogP contribution < -0.4 is 4.90 Å².